The van der Waals surface area contributed by atoms with Crippen molar-refractivity contribution < 1.29 is 9.18 Å². The molecule has 4 rings (SSSR count). The zero-order valence-corrected chi connectivity index (χ0v) is 16.6. The lowest BCUT2D eigenvalue weighted by molar-refractivity contribution is -0.116. The second-order valence-electron chi connectivity index (χ2n) is 6.41. The number of allylic oxidation sites excluding steroid dienone is 3. The lowest BCUT2D eigenvalue weighted by Gasteiger charge is -2.39. The highest BCUT2D eigenvalue weighted by Gasteiger charge is 2.41. The third-order valence-electron chi connectivity index (χ3n) is 4.89. The first kappa shape index (κ1) is 18.0. The number of anilines is 1. The molecule has 7 heteroatoms. The predicted molar refractivity (Wildman–Crippen MR) is 106 cm³/mol. The quantitative estimate of drug-likeness (QED) is 0.712. The van der Waals surface area contributed by atoms with Crippen molar-refractivity contribution in [1.29, 1.82) is 5.26 Å². The van der Waals surface area contributed by atoms with Gasteiger partial charge in [0, 0.05) is 22.6 Å². The summed E-state index contributed by atoms with van der Waals surface area (Å²) in [4.78, 5) is 15.3. The van der Waals surface area contributed by atoms with Crippen molar-refractivity contribution in [1.82, 2.24) is 0 Å². The molecular weight excluding hydrogens is 429 g/mol. The Morgan fingerprint density at radius 2 is 2.04 bits per heavy atom. The van der Waals surface area contributed by atoms with Gasteiger partial charge in [0.05, 0.1) is 27.0 Å². The number of thiophene rings is 1. The van der Waals surface area contributed by atoms with Crippen LogP contribution < -0.4 is 10.6 Å². The molecule has 1 atom stereocenters. The minimum atomic E-state index is -0.503. The highest BCUT2D eigenvalue weighted by molar-refractivity contribution is 9.11. The van der Waals surface area contributed by atoms with E-state index >= 15 is 0 Å². The van der Waals surface area contributed by atoms with E-state index in [1.807, 2.05) is 12.1 Å². The van der Waals surface area contributed by atoms with Crippen molar-refractivity contribution >= 4 is 38.7 Å². The Kier molecular flexibility index (Phi) is 4.62. The van der Waals surface area contributed by atoms with E-state index in [4.69, 9.17) is 5.73 Å². The second kappa shape index (κ2) is 6.95. The average molecular weight is 444 g/mol. The molecule has 0 bridgehead atoms. The molecule has 1 aliphatic carbocycles. The summed E-state index contributed by atoms with van der Waals surface area (Å²) < 4.78 is 15.5. The maximum absolute atomic E-state index is 14.5. The van der Waals surface area contributed by atoms with Crippen LogP contribution in [-0.2, 0) is 4.79 Å². The maximum atomic E-state index is 14.5. The smallest absolute Gasteiger partial charge is 0.161 e. The Hall–Kier alpha value is -2.43. The van der Waals surface area contributed by atoms with E-state index in [1.54, 1.807) is 23.1 Å². The number of benzene rings is 1. The van der Waals surface area contributed by atoms with Crippen LogP contribution >= 0.6 is 27.3 Å². The van der Waals surface area contributed by atoms with Crippen molar-refractivity contribution in [3.63, 3.8) is 0 Å². The molecule has 0 amide bonds. The molecule has 4 nitrogen and oxygen atoms in total. The number of hydrogen-bond acceptors (Lipinski definition) is 5. The number of carbonyl (C=O) groups excluding carboxylic acids is 1. The molecular formula is C20H15BrFN3OS. The minimum absolute atomic E-state index is 0.00707. The largest absolute Gasteiger partial charge is 0.384 e. The Morgan fingerprint density at radius 3 is 2.70 bits per heavy atom. The van der Waals surface area contributed by atoms with E-state index in [9.17, 15) is 14.4 Å². The molecule has 1 aliphatic heterocycles. The van der Waals surface area contributed by atoms with E-state index < -0.39 is 11.7 Å². The van der Waals surface area contributed by atoms with Crippen LogP contribution in [0.25, 0.3) is 0 Å². The van der Waals surface area contributed by atoms with E-state index in [1.165, 1.54) is 17.4 Å². The van der Waals surface area contributed by atoms with Crippen LogP contribution in [0.2, 0.25) is 0 Å². The molecule has 1 aromatic carbocycles. The van der Waals surface area contributed by atoms with E-state index in [-0.39, 0.29) is 22.9 Å². The summed E-state index contributed by atoms with van der Waals surface area (Å²) in [6.45, 7) is 0. The molecule has 0 saturated carbocycles. The fourth-order valence-corrected chi connectivity index (χ4v) is 5.31. The molecule has 0 fully saturated rings. The highest BCUT2D eigenvalue weighted by Crippen LogP contribution is 2.48. The third kappa shape index (κ3) is 2.89. The lowest BCUT2D eigenvalue weighted by atomic mass is 9.78. The summed E-state index contributed by atoms with van der Waals surface area (Å²) in [5.74, 6) is -0.769. The van der Waals surface area contributed by atoms with E-state index in [0.717, 1.165) is 8.66 Å². The fourth-order valence-electron chi connectivity index (χ4n) is 3.76. The number of ketones is 1. The molecule has 0 radical (unpaired) electrons. The third-order valence-corrected chi connectivity index (χ3v) is 6.57. The molecule has 2 N–H and O–H groups in total. The van der Waals surface area contributed by atoms with E-state index in [2.05, 4.69) is 22.0 Å². The van der Waals surface area contributed by atoms with E-state index in [0.29, 0.717) is 30.5 Å². The number of nitrogens with two attached hydrogens (primary N) is 1. The van der Waals surface area contributed by atoms with Crippen molar-refractivity contribution in [2.24, 2.45) is 5.73 Å². The van der Waals surface area contributed by atoms with Crippen LogP contribution in [0.4, 0.5) is 10.1 Å². The SMILES string of the molecule is N#CC1=C(N)N(c2ccccc2F)C2=C(C(=O)CCC2)C1c1ccc(Br)s1. The van der Waals surface area contributed by atoms with Gasteiger partial charge in [0.2, 0.25) is 0 Å². The Morgan fingerprint density at radius 1 is 1.26 bits per heavy atom. The zero-order valence-electron chi connectivity index (χ0n) is 14.2. The first-order valence-corrected chi connectivity index (χ1v) is 10.1. The first-order valence-electron chi connectivity index (χ1n) is 8.48. The van der Waals surface area contributed by atoms with Crippen LogP contribution in [0.1, 0.15) is 30.1 Å². The summed E-state index contributed by atoms with van der Waals surface area (Å²) in [6, 6.07) is 12.2. The van der Waals surface area contributed by atoms with Gasteiger partial charge in [-0.1, -0.05) is 12.1 Å². The van der Waals surface area contributed by atoms with Crippen molar-refractivity contribution in [3.05, 3.63) is 73.5 Å². The summed E-state index contributed by atoms with van der Waals surface area (Å²) in [5, 5.41) is 9.86. The molecule has 0 saturated heterocycles. The summed E-state index contributed by atoms with van der Waals surface area (Å²) in [6.07, 6.45) is 1.71. The van der Waals surface area contributed by atoms with Gasteiger partial charge in [-0.3, -0.25) is 9.69 Å². The van der Waals surface area contributed by atoms with Crippen LogP contribution in [-0.4, -0.2) is 5.78 Å². The first-order chi connectivity index (χ1) is 13.0. The fraction of sp³-hybridized carbons (Fsp3) is 0.200. The van der Waals surface area contributed by atoms with Crippen molar-refractivity contribution in [3.8, 4) is 6.07 Å². The summed E-state index contributed by atoms with van der Waals surface area (Å²) in [5.41, 5.74) is 8.18. The summed E-state index contributed by atoms with van der Waals surface area (Å²) in [7, 11) is 0. The maximum Gasteiger partial charge on any atom is 0.161 e. The normalized spacial score (nSPS) is 20.0. The van der Waals surface area contributed by atoms with Gasteiger partial charge in [-0.25, -0.2) is 4.39 Å². The number of carbonyl (C=O) groups is 1. The van der Waals surface area contributed by atoms with Crippen LogP contribution in [0.5, 0.6) is 0 Å². The molecule has 1 unspecified atom stereocenters. The average Bonchev–Trinajstić information content (AvgIpc) is 3.08. The molecule has 2 aromatic rings. The zero-order chi connectivity index (χ0) is 19.1. The number of nitriles is 1. The second-order valence-corrected chi connectivity index (χ2v) is 8.90. The molecule has 136 valence electrons. The van der Waals surface area contributed by atoms with Crippen LogP contribution in [0.3, 0.4) is 0 Å². The number of rotatable bonds is 2. The molecule has 0 spiro atoms. The van der Waals surface area contributed by atoms with Crippen molar-refractivity contribution in [2.75, 3.05) is 4.90 Å². The van der Waals surface area contributed by atoms with Gasteiger partial charge in [0.1, 0.15) is 11.6 Å². The standard InChI is InChI=1S/C20H15BrFN3OS/c21-17-9-8-16(27-17)18-11(10-23)20(24)25(13-5-2-1-4-12(13)22)14-6-3-7-15(26)19(14)18/h1-2,4-5,8-9,18H,3,6-7,24H2. The predicted octanol–water partition coefficient (Wildman–Crippen LogP) is 4.95. The monoisotopic (exact) mass is 443 g/mol. The minimum Gasteiger partial charge on any atom is -0.384 e. The van der Waals surface area contributed by atoms with Gasteiger partial charge in [-0.2, -0.15) is 5.26 Å². The van der Waals surface area contributed by atoms with Crippen LogP contribution in [0, 0.1) is 17.1 Å². The Bertz CT molecular complexity index is 1050. The molecule has 2 heterocycles. The Balaban J connectivity index is 1.99. The van der Waals surface area contributed by atoms with Gasteiger partial charge < -0.3 is 5.73 Å². The molecule has 27 heavy (non-hydrogen) atoms. The number of para-hydroxylation sites is 1. The van der Waals surface area contributed by atoms with Crippen molar-refractivity contribution in [2.45, 2.75) is 25.2 Å². The van der Waals surface area contributed by atoms with Crippen LogP contribution in [0.15, 0.2) is 62.8 Å². The van der Waals surface area contributed by atoms with Gasteiger partial charge in [0.15, 0.2) is 5.78 Å². The van der Waals surface area contributed by atoms with Gasteiger partial charge in [0.25, 0.3) is 0 Å². The number of hydrogen-bond donors (Lipinski definition) is 1. The number of halogens is 2. The molecule has 1 aromatic heterocycles. The lowest BCUT2D eigenvalue weighted by Crippen LogP contribution is -2.39. The van der Waals surface area contributed by atoms with Gasteiger partial charge in [-0.05, 0) is 53.0 Å². The number of Topliss-reactive ketones (excluding diaryl/α,β-unsaturated/α-hetero) is 1. The summed E-state index contributed by atoms with van der Waals surface area (Å²) >= 11 is 4.91. The van der Waals surface area contributed by atoms with Gasteiger partial charge in [-0.15, -0.1) is 11.3 Å². The highest BCUT2D eigenvalue weighted by atomic mass is 79.9. The Labute approximate surface area is 168 Å². The van der Waals surface area contributed by atoms with Gasteiger partial charge >= 0.3 is 0 Å². The number of nitrogens with zero attached hydrogens (tertiary/aromatic N) is 2. The molecule has 2 aliphatic rings. The topological polar surface area (TPSA) is 70.1 Å².